The van der Waals surface area contributed by atoms with Gasteiger partial charge in [0.1, 0.15) is 5.69 Å². The predicted octanol–water partition coefficient (Wildman–Crippen LogP) is 2.28. The topological polar surface area (TPSA) is 92.6 Å². The van der Waals surface area contributed by atoms with Crippen molar-refractivity contribution in [2.24, 2.45) is 0 Å². The van der Waals surface area contributed by atoms with Gasteiger partial charge in [0.05, 0.1) is 9.82 Å². The average molecular weight is 341 g/mol. The van der Waals surface area contributed by atoms with E-state index in [1.165, 1.54) is 25.0 Å². The van der Waals surface area contributed by atoms with E-state index in [-0.39, 0.29) is 16.6 Å². The quantitative estimate of drug-likeness (QED) is 0.604. The smallest absolute Gasteiger partial charge is 0.293 e. The number of benzene rings is 1. The van der Waals surface area contributed by atoms with Crippen LogP contribution in [0.4, 0.5) is 11.4 Å². The van der Waals surface area contributed by atoms with Crippen molar-refractivity contribution in [3.05, 3.63) is 28.3 Å². The number of nitro benzene ring substituents is 1. The molecule has 1 aromatic rings. The van der Waals surface area contributed by atoms with Crippen molar-refractivity contribution >= 4 is 21.2 Å². The van der Waals surface area contributed by atoms with E-state index >= 15 is 0 Å². The summed E-state index contributed by atoms with van der Waals surface area (Å²) in [6.07, 6.45) is 4.27. The molecule has 0 aromatic heterocycles. The highest BCUT2D eigenvalue weighted by molar-refractivity contribution is 7.90. The molecule has 0 bridgehead atoms. The number of anilines is 1. The number of rotatable bonds is 7. The molecule has 1 aliphatic rings. The second kappa shape index (κ2) is 7.27. The molecule has 0 amide bonds. The highest BCUT2D eigenvalue weighted by Gasteiger charge is 2.22. The number of nitrogens with zero attached hydrogens (tertiary/aromatic N) is 2. The van der Waals surface area contributed by atoms with Gasteiger partial charge < -0.3 is 10.2 Å². The summed E-state index contributed by atoms with van der Waals surface area (Å²) in [5, 5.41) is 14.5. The Morgan fingerprint density at radius 2 is 2.00 bits per heavy atom. The van der Waals surface area contributed by atoms with Crippen molar-refractivity contribution in [3.63, 3.8) is 0 Å². The normalized spacial score (nSPS) is 17.1. The molecule has 1 unspecified atom stereocenters. The molecule has 1 fully saturated rings. The van der Waals surface area contributed by atoms with Crippen molar-refractivity contribution in [2.45, 2.75) is 37.1 Å². The monoisotopic (exact) mass is 341 g/mol. The molecule has 0 radical (unpaired) electrons. The lowest BCUT2D eigenvalue weighted by molar-refractivity contribution is -0.384. The maximum atomic E-state index is 11.6. The summed E-state index contributed by atoms with van der Waals surface area (Å²) < 4.78 is 23.2. The maximum absolute atomic E-state index is 11.6. The van der Waals surface area contributed by atoms with Gasteiger partial charge in [0.2, 0.25) is 0 Å². The van der Waals surface area contributed by atoms with E-state index in [1.54, 1.807) is 0 Å². The Kier molecular flexibility index (Phi) is 5.59. The van der Waals surface area contributed by atoms with Gasteiger partial charge in [-0.15, -0.1) is 0 Å². The predicted molar refractivity (Wildman–Crippen MR) is 89.6 cm³/mol. The lowest BCUT2D eigenvalue weighted by Gasteiger charge is -2.24. The van der Waals surface area contributed by atoms with E-state index in [0.717, 1.165) is 38.4 Å². The van der Waals surface area contributed by atoms with E-state index in [1.807, 2.05) is 6.92 Å². The highest BCUT2D eigenvalue weighted by Crippen LogP contribution is 2.28. The number of sulfone groups is 1. The van der Waals surface area contributed by atoms with Crippen LogP contribution in [0.5, 0.6) is 0 Å². The molecule has 0 aliphatic carbocycles. The molecule has 0 spiro atoms. The largest absolute Gasteiger partial charge is 0.375 e. The Bertz CT molecular complexity index is 669. The minimum absolute atomic E-state index is 0.0395. The number of nitro groups is 1. The van der Waals surface area contributed by atoms with Gasteiger partial charge >= 0.3 is 0 Å². The van der Waals surface area contributed by atoms with Crippen LogP contribution in [0.3, 0.4) is 0 Å². The van der Waals surface area contributed by atoms with Crippen molar-refractivity contribution in [3.8, 4) is 0 Å². The zero-order chi connectivity index (χ0) is 17.0. The third-order valence-corrected chi connectivity index (χ3v) is 5.23. The van der Waals surface area contributed by atoms with Gasteiger partial charge in [-0.3, -0.25) is 10.1 Å². The first-order valence-corrected chi connectivity index (χ1v) is 9.67. The van der Waals surface area contributed by atoms with Crippen LogP contribution in [0.2, 0.25) is 0 Å². The van der Waals surface area contributed by atoms with Gasteiger partial charge in [0, 0.05) is 24.9 Å². The molecule has 2 rings (SSSR count). The Morgan fingerprint density at radius 1 is 1.35 bits per heavy atom. The van der Waals surface area contributed by atoms with Crippen LogP contribution in [0.1, 0.15) is 26.2 Å². The standard InChI is InChI=1S/C15H23N3O4S/c1-3-12(11-17-8-4-5-9-17)16-14-7-6-13(23(2,21)22)10-15(14)18(19)20/h6-7,10,12,16H,3-5,8-9,11H2,1-2H3. The van der Waals surface area contributed by atoms with Crippen LogP contribution < -0.4 is 5.32 Å². The molecule has 1 aliphatic heterocycles. The second-order valence-corrected chi connectivity index (χ2v) is 7.98. The summed E-state index contributed by atoms with van der Waals surface area (Å²) in [5.41, 5.74) is 0.168. The van der Waals surface area contributed by atoms with E-state index in [0.29, 0.717) is 5.69 Å². The minimum Gasteiger partial charge on any atom is -0.375 e. The maximum Gasteiger partial charge on any atom is 0.293 e. The Morgan fingerprint density at radius 3 is 2.52 bits per heavy atom. The zero-order valence-electron chi connectivity index (χ0n) is 13.5. The first-order chi connectivity index (χ1) is 10.8. The number of likely N-dealkylation sites (tertiary alicyclic amines) is 1. The van der Waals surface area contributed by atoms with Crippen LogP contribution in [0, 0.1) is 10.1 Å². The first-order valence-electron chi connectivity index (χ1n) is 7.78. The molecule has 1 atom stereocenters. The molecule has 7 nitrogen and oxygen atoms in total. The molecule has 1 heterocycles. The van der Waals surface area contributed by atoms with Gasteiger partial charge in [0.25, 0.3) is 5.69 Å². The van der Waals surface area contributed by atoms with Crippen LogP contribution in [0.25, 0.3) is 0 Å². The van der Waals surface area contributed by atoms with Crippen molar-refractivity contribution in [1.82, 2.24) is 4.90 Å². The summed E-state index contributed by atoms with van der Waals surface area (Å²) in [5.74, 6) is 0. The van der Waals surface area contributed by atoms with Crippen molar-refractivity contribution in [1.29, 1.82) is 0 Å². The van der Waals surface area contributed by atoms with E-state index in [2.05, 4.69) is 10.2 Å². The van der Waals surface area contributed by atoms with E-state index in [9.17, 15) is 18.5 Å². The highest BCUT2D eigenvalue weighted by atomic mass is 32.2. The van der Waals surface area contributed by atoms with Crippen LogP contribution >= 0.6 is 0 Å². The van der Waals surface area contributed by atoms with Gasteiger partial charge in [-0.25, -0.2) is 8.42 Å². The van der Waals surface area contributed by atoms with E-state index in [4.69, 9.17) is 0 Å². The fourth-order valence-electron chi connectivity index (χ4n) is 2.79. The molecule has 1 aromatic carbocycles. The van der Waals surface area contributed by atoms with Gasteiger partial charge in [0.15, 0.2) is 9.84 Å². The summed E-state index contributed by atoms with van der Waals surface area (Å²) in [6, 6.07) is 4.12. The SMILES string of the molecule is CCC(CN1CCCC1)Nc1ccc(S(C)(=O)=O)cc1[N+](=O)[O-]. The summed E-state index contributed by atoms with van der Waals surface area (Å²) >= 11 is 0. The van der Waals surface area contributed by atoms with E-state index < -0.39 is 14.8 Å². The molecule has 8 heteroatoms. The molecular weight excluding hydrogens is 318 g/mol. The first kappa shape index (κ1) is 17.7. The lowest BCUT2D eigenvalue weighted by atomic mass is 10.2. The summed E-state index contributed by atoms with van der Waals surface area (Å²) in [4.78, 5) is 13.0. The zero-order valence-corrected chi connectivity index (χ0v) is 14.3. The third-order valence-electron chi connectivity index (χ3n) is 4.12. The molecule has 23 heavy (non-hydrogen) atoms. The second-order valence-electron chi connectivity index (χ2n) is 5.97. The molecule has 1 N–H and O–H groups in total. The minimum atomic E-state index is -3.47. The van der Waals surface area contributed by atoms with Crippen LogP contribution in [0.15, 0.2) is 23.1 Å². The van der Waals surface area contributed by atoms with Crippen LogP contribution in [-0.2, 0) is 9.84 Å². The third kappa shape index (κ3) is 4.65. The molecule has 128 valence electrons. The molecule has 1 saturated heterocycles. The van der Waals surface area contributed by atoms with Gasteiger partial charge in [-0.2, -0.15) is 0 Å². The average Bonchev–Trinajstić information content (AvgIpc) is 2.98. The van der Waals surface area contributed by atoms with Gasteiger partial charge in [-0.05, 0) is 44.5 Å². The number of hydrogen-bond donors (Lipinski definition) is 1. The Hall–Kier alpha value is -1.67. The number of hydrogen-bond acceptors (Lipinski definition) is 6. The Balaban J connectivity index is 2.21. The molecular formula is C15H23N3O4S. The fraction of sp³-hybridized carbons (Fsp3) is 0.600. The fourth-order valence-corrected chi connectivity index (χ4v) is 3.43. The Labute approximate surface area is 136 Å². The number of nitrogens with one attached hydrogen (secondary N) is 1. The lowest BCUT2D eigenvalue weighted by Crippen LogP contribution is -2.34. The van der Waals surface area contributed by atoms with Crippen LogP contribution in [-0.4, -0.2) is 50.2 Å². The summed E-state index contributed by atoms with van der Waals surface area (Å²) in [6.45, 7) is 4.99. The summed E-state index contributed by atoms with van der Waals surface area (Å²) in [7, 11) is -3.47. The van der Waals surface area contributed by atoms with Crippen molar-refractivity contribution < 1.29 is 13.3 Å². The molecule has 0 saturated carbocycles. The van der Waals surface area contributed by atoms with Crippen molar-refractivity contribution in [2.75, 3.05) is 31.2 Å². The van der Waals surface area contributed by atoms with Gasteiger partial charge in [-0.1, -0.05) is 6.92 Å².